The maximum absolute atomic E-state index is 13.5. The van der Waals surface area contributed by atoms with Gasteiger partial charge in [0, 0.05) is 17.3 Å². The van der Waals surface area contributed by atoms with Crippen LogP contribution in [0.5, 0.6) is 0 Å². The van der Waals surface area contributed by atoms with Crippen LogP contribution in [0.1, 0.15) is 10.4 Å². The third-order valence-electron chi connectivity index (χ3n) is 3.89. The van der Waals surface area contributed by atoms with Crippen molar-refractivity contribution in [2.75, 3.05) is 4.90 Å². The van der Waals surface area contributed by atoms with E-state index in [-0.39, 0.29) is 18.1 Å². The molecule has 0 saturated heterocycles. The van der Waals surface area contributed by atoms with Crippen molar-refractivity contribution in [3.05, 3.63) is 75.5 Å². The van der Waals surface area contributed by atoms with Gasteiger partial charge in [0.1, 0.15) is 5.82 Å². The molecule has 8 heteroatoms. The highest BCUT2D eigenvalue weighted by atomic mass is 35.5. The first-order valence-corrected chi connectivity index (χ1v) is 10.1. The number of carbonyl (C=O) groups is 1. The first-order valence-electron chi connectivity index (χ1n) is 8.08. The molecule has 3 aromatic heterocycles. The van der Waals surface area contributed by atoms with Crippen LogP contribution in [0.15, 0.2) is 54.9 Å². The van der Waals surface area contributed by atoms with Gasteiger partial charge in [-0.25, -0.2) is 9.37 Å². The number of rotatable bonds is 5. The van der Waals surface area contributed by atoms with Gasteiger partial charge in [-0.05, 0) is 42.0 Å². The molecular weight excluding hydrogens is 405 g/mol. The second kappa shape index (κ2) is 7.72. The highest BCUT2D eigenvalue weighted by Gasteiger charge is 2.21. The zero-order chi connectivity index (χ0) is 18.8. The van der Waals surface area contributed by atoms with E-state index < -0.39 is 0 Å². The monoisotopic (exact) mass is 417 g/mol. The highest BCUT2D eigenvalue weighted by molar-refractivity contribution is 7.22. The van der Waals surface area contributed by atoms with E-state index in [0.29, 0.717) is 26.2 Å². The summed E-state index contributed by atoms with van der Waals surface area (Å²) < 4.78 is 14.9. The van der Waals surface area contributed by atoms with Crippen LogP contribution in [-0.4, -0.2) is 15.9 Å². The molecule has 4 aromatic rings. The van der Waals surface area contributed by atoms with E-state index >= 15 is 0 Å². The van der Waals surface area contributed by atoms with Crippen LogP contribution >= 0.6 is 34.3 Å². The minimum atomic E-state index is -0.323. The number of hydrogen-bond acceptors (Lipinski definition) is 5. The molecule has 0 spiro atoms. The van der Waals surface area contributed by atoms with Crippen molar-refractivity contribution in [2.45, 2.75) is 13.0 Å². The standard InChI is InChI=1S/C19H13ClFN3OS2/c20-17-6-4-14(26-17)9-18(25)24(11-12-2-1-7-22-10-12)19-23-15-5-3-13(21)8-16(15)27-19/h1-8,10H,9,11H2. The Morgan fingerprint density at radius 2 is 2.07 bits per heavy atom. The SMILES string of the molecule is O=C(Cc1ccc(Cl)s1)N(Cc1cccnc1)c1nc2ccc(F)cc2s1. The molecule has 0 bridgehead atoms. The number of anilines is 1. The molecule has 3 heterocycles. The van der Waals surface area contributed by atoms with Gasteiger partial charge in [-0.2, -0.15) is 0 Å². The van der Waals surface area contributed by atoms with Crippen molar-refractivity contribution < 1.29 is 9.18 Å². The number of halogens is 2. The van der Waals surface area contributed by atoms with Crippen molar-refractivity contribution in [1.29, 1.82) is 0 Å². The Morgan fingerprint density at radius 1 is 1.19 bits per heavy atom. The molecule has 1 amide bonds. The van der Waals surface area contributed by atoms with Crippen LogP contribution in [0.25, 0.3) is 10.2 Å². The van der Waals surface area contributed by atoms with E-state index in [1.165, 1.54) is 34.8 Å². The summed E-state index contributed by atoms with van der Waals surface area (Å²) in [5.74, 6) is -0.423. The van der Waals surface area contributed by atoms with Crippen molar-refractivity contribution in [3.63, 3.8) is 0 Å². The summed E-state index contributed by atoms with van der Waals surface area (Å²) in [5, 5.41) is 0.534. The van der Waals surface area contributed by atoms with Crippen molar-refractivity contribution >= 4 is 55.5 Å². The van der Waals surface area contributed by atoms with Gasteiger partial charge in [-0.15, -0.1) is 11.3 Å². The molecule has 0 atom stereocenters. The zero-order valence-electron chi connectivity index (χ0n) is 13.9. The molecule has 1 aromatic carbocycles. The number of hydrogen-bond donors (Lipinski definition) is 0. The predicted molar refractivity (Wildman–Crippen MR) is 108 cm³/mol. The summed E-state index contributed by atoms with van der Waals surface area (Å²) in [4.78, 5) is 24.2. The lowest BCUT2D eigenvalue weighted by Gasteiger charge is -2.19. The fourth-order valence-corrected chi connectivity index (χ4v) is 4.72. The molecule has 0 fully saturated rings. The number of thiophene rings is 1. The van der Waals surface area contributed by atoms with E-state index in [9.17, 15) is 9.18 Å². The largest absolute Gasteiger partial charge is 0.283 e. The number of amides is 1. The molecule has 27 heavy (non-hydrogen) atoms. The van der Waals surface area contributed by atoms with Crippen LogP contribution in [0.2, 0.25) is 4.34 Å². The molecule has 136 valence electrons. The molecule has 0 aliphatic carbocycles. The molecule has 4 nitrogen and oxygen atoms in total. The van der Waals surface area contributed by atoms with Gasteiger partial charge in [-0.1, -0.05) is 29.0 Å². The van der Waals surface area contributed by atoms with Crippen LogP contribution in [0.4, 0.5) is 9.52 Å². The van der Waals surface area contributed by atoms with Crippen molar-refractivity contribution in [3.8, 4) is 0 Å². The van der Waals surface area contributed by atoms with Gasteiger partial charge in [0.2, 0.25) is 5.91 Å². The maximum atomic E-state index is 13.5. The second-order valence-electron chi connectivity index (χ2n) is 5.83. The molecule has 0 aliphatic heterocycles. The second-order valence-corrected chi connectivity index (χ2v) is 8.64. The molecular formula is C19H13ClFN3OS2. The summed E-state index contributed by atoms with van der Waals surface area (Å²) in [6, 6.07) is 11.8. The summed E-state index contributed by atoms with van der Waals surface area (Å²) >= 11 is 8.65. The van der Waals surface area contributed by atoms with E-state index in [4.69, 9.17) is 11.6 Å². The van der Waals surface area contributed by atoms with E-state index in [1.54, 1.807) is 29.4 Å². The number of nitrogens with zero attached hydrogens (tertiary/aromatic N) is 3. The highest BCUT2D eigenvalue weighted by Crippen LogP contribution is 2.31. The first-order chi connectivity index (χ1) is 13.1. The lowest BCUT2D eigenvalue weighted by Crippen LogP contribution is -2.31. The number of aromatic nitrogens is 2. The number of benzene rings is 1. The van der Waals surface area contributed by atoms with Crippen molar-refractivity contribution in [2.24, 2.45) is 0 Å². The van der Waals surface area contributed by atoms with Crippen LogP contribution in [0.3, 0.4) is 0 Å². The number of pyridine rings is 1. The predicted octanol–water partition coefficient (Wildman–Crippen LogP) is 5.32. The Balaban J connectivity index is 1.68. The fourth-order valence-electron chi connectivity index (χ4n) is 2.63. The van der Waals surface area contributed by atoms with Gasteiger partial charge in [0.05, 0.1) is 27.5 Å². The van der Waals surface area contributed by atoms with Crippen LogP contribution in [0, 0.1) is 5.82 Å². The summed E-state index contributed by atoms with van der Waals surface area (Å²) in [6.45, 7) is 0.341. The van der Waals surface area contributed by atoms with Crippen LogP contribution < -0.4 is 4.90 Å². The number of thiazole rings is 1. The molecule has 0 unspecified atom stereocenters. The minimum Gasteiger partial charge on any atom is -0.283 e. The Hall–Kier alpha value is -2.35. The number of fused-ring (bicyclic) bond motifs is 1. The molecule has 0 saturated carbocycles. The zero-order valence-corrected chi connectivity index (χ0v) is 16.3. The van der Waals surface area contributed by atoms with Gasteiger partial charge >= 0.3 is 0 Å². The molecule has 0 aliphatic rings. The van der Waals surface area contributed by atoms with E-state index in [0.717, 1.165) is 10.4 Å². The Bertz CT molecular complexity index is 1100. The smallest absolute Gasteiger partial charge is 0.234 e. The lowest BCUT2D eigenvalue weighted by molar-refractivity contribution is -0.118. The topological polar surface area (TPSA) is 46.1 Å². The third-order valence-corrected chi connectivity index (χ3v) is 6.16. The average Bonchev–Trinajstić information content (AvgIpc) is 3.25. The quantitative estimate of drug-likeness (QED) is 0.441. The number of carbonyl (C=O) groups excluding carboxylic acids is 1. The van der Waals surface area contributed by atoms with Gasteiger partial charge in [0.15, 0.2) is 5.13 Å². The molecule has 0 radical (unpaired) electrons. The average molecular weight is 418 g/mol. The van der Waals surface area contributed by atoms with Crippen molar-refractivity contribution in [1.82, 2.24) is 9.97 Å². The summed E-state index contributed by atoms with van der Waals surface area (Å²) in [6.07, 6.45) is 3.63. The minimum absolute atomic E-state index is 0.100. The van der Waals surface area contributed by atoms with Gasteiger partial charge in [0.25, 0.3) is 0 Å². The van der Waals surface area contributed by atoms with Gasteiger partial charge < -0.3 is 0 Å². The molecule has 4 rings (SSSR count). The summed E-state index contributed by atoms with van der Waals surface area (Å²) in [5.41, 5.74) is 1.56. The normalized spacial score (nSPS) is 11.0. The van der Waals surface area contributed by atoms with Crippen LogP contribution in [-0.2, 0) is 17.8 Å². The molecule has 0 N–H and O–H groups in total. The Labute approximate surface area is 167 Å². The first kappa shape index (κ1) is 18.0. The summed E-state index contributed by atoms with van der Waals surface area (Å²) in [7, 11) is 0. The van der Waals surface area contributed by atoms with E-state index in [2.05, 4.69) is 9.97 Å². The fraction of sp³-hybridized carbons (Fsp3) is 0.105. The third kappa shape index (κ3) is 4.16. The maximum Gasteiger partial charge on any atom is 0.234 e. The lowest BCUT2D eigenvalue weighted by atomic mass is 10.2. The van der Waals surface area contributed by atoms with Gasteiger partial charge in [-0.3, -0.25) is 14.7 Å². The van der Waals surface area contributed by atoms with E-state index in [1.807, 2.05) is 18.2 Å². The Kier molecular flexibility index (Phi) is 5.15. The Morgan fingerprint density at radius 3 is 2.81 bits per heavy atom.